The number of hydrogen-bond donors (Lipinski definition) is 2. The third-order valence-electron chi connectivity index (χ3n) is 4.84. The second-order valence-corrected chi connectivity index (χ2v) is 12.1. The fourth-order valence-corrected chi connectivity index (χ4v) is 6.63. The van der Waals surface area contributed by atoms with Crippen LogP contribution in [0.1, 0.15) is 68.9 Å². The summed E-state index contributed by atoms with van der Waals surface area (Å²) in [5.74, 6) is -0.186. The predicted octanol–water partition coefficient (Wildman–Crippen LogP) is 5.43. The van der Waals surface area contributed by atoms with Crippen LogP contribution in [0.5, 0.6) is 0 Å². The van der Waals surface area contributed by atoms with E-state index in [1.165, 1.54) is 17.4 Å². The number of rotatable bonds is 7. The molecule has 0 aliphatic heterocycles. The molecule has 10 heteroatoms. The molecule has 31 heavy (non-hydrogen) atoms. The van der Waals surface area contributed by atoms with Crippen molar-refractivity contribution < 1.29 is 13.2 Å². The molecular formula is C21H27Cl2N3O3S2. The highest BCUT2D eigenvalue weighted by atomic mass is 35.5. The van der Waals surface area contributed by atoms with Crippen molar-refractivity contribution in [2.45, 2.75) is 76.3 Å². The number of benzene rings is 1. The molecule has 0 radical (unpaired) electrons. The fourth-order valence-electron chi connectivity index (χ4n) is 3.24. The maximum Gasteiger partial charge on any atom is 0.280 e. The number of nitrogens with one attached hydrogen (secondary N) is 2. The summed E-state index contributed by atoms with van der Waals surface area (Å²) in [5.41, 5.74) is 0.666. The Morgan fingerprint density at radius 1 is 1.23 bits per heavy atom. The number of aryl methyl sites for hydroxylation is 1. The van der Waals surface area contributed by atoms with E-state index in [1.807, 2.05) is 6.92 Å². The summed E-state index contributed by atoms with van der Waals surface area (Å²) < 4.78 is 28.1. The fraction of sp³-hybridized carbons (Fsp3) is 0.524. The molecule has 6 nitrogen and oxygen atoms in total. The van der Waals surface area contributed by atoms with Gasteiger partial charge in [-0.05, 0) is 52.5 Å². The molecule has 0 spiro atoms. The van der Waals surface area contributed by atoms with Crippen LogP contribution in [-0.4, -0.2) is 30.9 Å². The van der Waals surface area contributed by atoms with Gasteiger partial charge in [0.15, 0.2) is 5.01 Å². The van der Waals surface area contributed by atoms with Gasteiger partial charge in [0.25, 0.3) is 5.91 Å². The van der Waals surface area contributed by atoms with Gasteiger partial charge in [-0.25, -0.2) is 18.1 Å². The zero-order valence-corrected chi connectivity index (χ0v) is 21.2. The van der Waals surface area contributed by atoms with Crippen LogP contribution in [0.15, 0.2) is 17.0 Å². The van der Waals surface area contributed by atoms with Crippen molar-refractivity contribution in [3.63, 3.8) is 0 Å². The van der Waals surface area contributed by atoms with Crippen molar-refractivity contribution in [3.05, 3.63) is 32.9 Å². The van der Waals surface area contributed by atoms with E-state index in [-0.39, 0.29) is 26.9 Å². The average molecular weight is 505 g/mol. The van der Waals surface area contributed by atoms with Crippen LogP contribution in [0, 0.1) is 0 Å². The number of halogens is 2. The minimum absolute atomic E-state index is 0.0489. The molecule has 170 valence electrons. The number of nitrogens with zero attached hydrogens (tertiary/aromatic N) is 1. The second-order valence-electron chi connectivity index (χ2n) is 8.74. The minimum atomic E-state index is -3.85. The molecule has 1 aromatic carbocycles. The Bertz CT molecular complexity index is 1090. The molecule has 1 amide bonds. The standard InChI is InChI=1S/C21H27Cl2N3O3S2/c1-5-7-14-18(30-20(25-14)19(27)24-12-8-6-9-12)13-10-11-15(17(23)16(13)22)31(28,29)26-21(2,3)4/h10-12,26H,5-9H2,1-4H3,(H,24,27). The van der Waals surface area contributed by atoms with Gasteiger partial charge in [0, 0.05) is 17.1 Å². The third-order valence-corrected chi connectivity index (χ3v) is 8.76. The molecule has 0 unspecified atom stereocenters. The molecule has 1 saturated carbocycles. The monoisotopic (exact) mass is 503 g/mol. The maximum atomic E-state index is 12.8. The lowest BCUT2D eigenvalue weighted by atomic mass is 9.93. The Morgan fingerprint density at radius 2 is 1.90 bits per heavy atom. The third kappa shape index (κ3) is 5.60. The van der Waals surface area contributed by atoms with Crippen LogP contribution in [-0.2, 0) is 16.4 Å². The summed E-state index contributed by atoms with van der Waals surface area (Å²) in [6, 6.07) is 3.29. The van der Waals surface area contributed by atoms with Gasteiger partial charge >= 0.3 is 0 Å². The SMILES string of the molecule is CCCc1nc(C(=O)NC2CCC2)sc1-c1ccc(S(=O)(=O)NC(C)(C)C)c(Cl)c1Cl. The first-order chi connectivity index (χ1) is 14.4. The quantitative estimate of drug-likeness (QED) is 0.527. The summed E-state index contributed by atoms with van der Waals surface area (Å²) in [4.78, 5) is 17.8. The van der Waals surface area contributed by atoms with E-state index in [9.17, 15) is 13.2 Å². The predicted molar refractivity (Wildman–Crippen MR) is 127 cm³/mol. The molecule has 1 aliphatic carbocycles. The summed E-state index contributed by atoms with van der Waals surface area (Å²) >= 11 is 14.2. The lowest BCUT2D eigenvalue weighted by molar-refractivity contribution is 0.0916. The Labute approximate surface area is 197 Å². The number of aromatic nitrogens is 1. The topological polar surface area (TPSA) is 88.2 Å². The molecule has 0 atom stereocenters. The summed E-state index contributed by atoms with van der Waals surface area (Å²) in [6.07, 6.45) is 4.62. The summed E-state index contributed by atoms with van der Waals surface area (Å²) in [5, 5.41) is 3.47. The van der Waals surface area contributed by atoms with Crippen LogP contribution in [0.4, 0.5) is 0 Å². The van der Waals surface area contributed by atoms with Crippen molar-refractivity contribution in [2.24, 2.45) is 0 Å². The summed E-state index contributed by atoms with van der Waals surface area (Å²) in [7, 11) is -3.85. The molecule has 2 aromatic rings. The van der Waals surface area contributed by atoms with E-state index in [0.717, 1.165) is 36.3 Å². The molecule has 1 fully saturated rings. The van der Waals surface area contributed by atoms with Gasteiger partial charge in [-0.2, -0.15) is 0 Å². The van der Waals surface area contributed by atoms with E-state index < -0.39 is 15.6 Å². The first-order valence-electron chi connectivity index (χ1n) is 10.3. The molecule has 2 N–H and O–H groups in total. The van der Waals surface area contributed by atoms with Gasteiger partial charge in [-0.15, -0.1) is 11.3 Å². The van der Waals surface area contributed by atoms with Crippen molar-refractivity contribution in [1.82, 2.24) is 15.0 Å². The van der Waals surface area contributed by atoms with Crippen LogP contribution >= 0.6 is 34.5 Å². The normalized spacial score (nSPS) is 15.0. The van der Waals surface area contributed by atoms with Gasteiger partial charge in [0.1, 0.15) is 4.90 Å². The molecule has 0 saturated heterocycles. The van der Waals surface area contributed by atoms with Crippen molar-refractivity contribution in [2.75, 3.05) is 0 Å². The van der Waals surface area contributed by atoms with Gasteiger partial charge < -0.3 is 5.32 Å². The highest BCUT2D eigenvalue weighted by molar-refractivity contribution is 7.89. The van der Waals surface area contributed by atoms with Gasteiger partial charge in [-0.1, -0.05) is 42.6 Å². The molecule has 3 rings (SSSR count). The summed E-state index contributed by atoms with van der Waals surface area (Å²) in [6.45, 7) is 7.27. The van der Waals surface area contributed by atoms with Crippen molar-refractivity contribution >= 4 is 50.5 Å². The number of amides is 1. The molecule has 1 aliphatic rings. The van der Waals surface area contributed by atoms with Gasteiger partial charge in [0.2, 0.25) is 10.0 Å². The van der Waals surface area contributed by atoms with Gasteiger partial charge in [0.05, 0.1) is 20.6 Å². The van der Waals surface area contributed by atoms with Crippen LogP contribution in [0.25, 0.3) is 10.4 Å². The highest BCUT2D eigenvalue weighted by Gasteiger charge is 2.28. The zero-order chi connectivity index (χ0) is 23.0. The Kier molecular flexibility index (Phi) is 7.38. The molecule has 1 heterocycles. The number of thiazole rings is 1. The Hall–Kier alpha value is -1.19. The van der Waals surface area contributed by atoms with Gasteiger partial charge in [-0.3, -0.25) is 4.79 Å². The number of carbonyl (C=O) groups is 1. The first-order valence-corrected chi connectivity index (χ1v) is 13.3. The van der Waals surface area contributed by atoms with E-state index in [2.05, 4.69) is 15.0 Å². The smallest absolute Gasteiger partial charge is 0.280 e. The van der Waals surface area contributed by atoms with Crippen molar-refractivity contribution in [1.29, 1.82) is 0 Å². The van der Waals surface area contributed by atoms with Crippen molar-refractivity contribution in [3.8, 4) is 10.4 Å². The van der Waals surface area contributed by atoms with Crippen LogP contribution in [0.3, 0.4) is 0 Å². The molecule has 0 bridgehead atoms. The molecule has 1 aromatic heterocycles. The van der Waals surface area contributed by atoms with E-state index >= 15 is 0 Å². The number of carbonyl (C=O) groups excluding carboxylic acids is 1. The minimum Gasteiger partial charge on any atom is -0.347 e. The van der Waals surface area contributed by atoms with E-state index in [1.54, 1.807) is 26.8 Å². The Balaban J connectivity index is 2.00. The molecular weight excluding hydrogens is 477 g/mol. The highest BCUT2D eigenvalue weighted by Crippen LogP contribution is 2.42. The number of sulfonamides is 1. The number of hydrogen-bond acceptors (Lipinski definition) is 5. The van der Waals surface area contributed by atoms with Crippen LogP contribution < -0.4 is 10.0 Å². The lowest BCUT2D eigenvalue weighted by Crippen LogP contribution is -2.40. The Morgan fingerprint density at radius 3 is 2.45 bits per heavy atom. The zero-order valence-electron chi connectivity index (χ0n) is 18.0. The van der Waals surface area contributed by atoms with E-state index in [0.29, 0.717) is 17.0 Å². The second kappa shape index (κ2) is 9.35. The van der Waals surface area contributed by atoms with Crippen LogP contribution in [0.2, 0.25) is 10.0 Å². The largest absolute Gasteiger partial charge is 0.347 e. The first kappa shape index (κ1) is 24.5. The average Bonchev–Trinajstić information content (AvgIpc) is 3.02. The van der Waals surface area contributed by atoms with E-state index in [4.69, 9.17) is 23.2 Å². The lowest BCUT2D eigenvalue weighted by Gasteiger charge is -2.25. The maximum absolute atomic E-state index is 12.8.